The van der Waals surface area contributed by atoms with Crippen molar-refractivity contribution in [3.63, 3.8) is 0 Å². The maximum absolute atomic E-state index is 12.8. The maximum atomic E-state index is 12.8. The molecule has 9 nitrogen and oxygen atoms in total. The van der Waals surface area contributed by atoms with E-state index in [1.54, 1.807) is 31.2 Å². The van der Waals surface area contributed by atoms with Crippen molar-refractivity contribution in [2.75, 3.05) is 13.1 Å². The summed E-state index contributed by atoms with van der Waals surface area (Å²) in [7, 11) is 0. The molecular formula is C18H16N4O5S. The Kier molecular flexibility index (Phi) is 5.69. The molecule has 144 valence electrons. The molecule has 0 unspecified atom stereocenters. The lowest BCUT2D eigenvalue weighted by molar-refractivity contribution is -0.385. The lowest BCUT2D eigenvalue weighted by atomic mass is 10.1. The molecule has 0 saturated carbocycles. The summed E-state index contributed by atoms with van der Waals surface area (Å²) in [5.74, 6) is 0.0594. The third kappa shape index (κ3) is 4.17. The molecule has 0 aromatic heterocycles. The number of hydrogen-bond donors (Lipinski definition) is 0. The summed E-state index contributed by atoms with van der Waals surface area (Å²) in [6.07, 6.45) is 0. The van der Waals surface area contributed by atoms with Crippen molar-refractivity contribution in [1.29, 1.82) is 0 Å². The third-order valence-electron chi connectivity index (χ3n) is 4.19. The molecule has 1 amide bonds. The normalized spacial score (nSPS) is 13.3. The summed E-state index contributed by atoms with van der Waals surface area (Å²) < 4.78 is 0. The summed E-state index contributed by atoms with van der Waals surface area (Å²) in [4.78, 5) is 39.7. The van der Waals surface area contributed by atoms with Crippen LogP contribution in [-0.4, -0.2) is 38.9 Å². The number of amides is 1. The van der Waals surface area contributed by atoms with E-state index in [0.29, 0.717) is 29.6 Å². The molecule has 1 aliphatic rings. The van der Waals surface area contributed by atoms with Crippen LogP contribution in [0.15, 0.2) is 47.5 Å². The number of aliphatic imine (C=N–C) groups is 1. The van der Waals surface area contributed by atoms with Gasteiger partial charge in [-0.1, -0.05) is 30.0 Å². The van der Waals surface area contributed by atoms with Gasteiger partial charge >= 0.3 is 0 Å². The second-order valence-corrected chi connectivity index (χ2v) is 7.04. The second-order valence-electron chi connectivity index (χ2n) is 6.10. The number of nitro groups is 2. The quantitative estimate of drug-likeness (QED) is 0.559. The van der Waals surface area contributed by atoms with Gasteiger partial charge in [0.1, 0.15) is 0 Å². The predicted octanol–water partition coefficient (Wildman–Crippen LogP) is 3.56. The van der Waals surface area contributed by atoms with Crippen molar-refractivity contribution >= 4 is 34.2 Å². The number of non-ortho nitro benzene ring substituents is 1. The lowest BCUT2D eigenvalue weighted by Crippen LogP contribution is -2.32. The smallest absolute Gasteiger partial charge is 0.273 e. The number of carbonyl (C=O) groups excluding carboxylic acids is 1. The zero-order valence-electron chi connectivity index (χ0n) is 14.9. The molecular weight excluding hydrogens is 384 g/mol. The standard InChI is InChI=1S/C18H16N4O5S/c1-12-5-6-14(10-16(12)22(26)27)17(23)20-8-7-19-18(20)28-11-13-3-2-4-15(9-13)21(24)25/h2-6,9-10H,7-8,11H2,1H3. The fourth-order valence-electron chi connectivity index (χ4n) is 2.74. The van der Waals surface area contributed by atoms with Crippen LogP contribution in [0, 0.1) is 27.2 Å². The minimum absolute atomic E-state index is 0.00589. The Labute approximate surface area is 164 Å². The Bertz CT molecular complexity index is 992. The number of aryl methyl sites for hydroxylation is 1. The van der Waals surface area contributed by atoms with Crippen molar-refractivity contribution in [2.24, 2.45) is 4.99 Å². The van der Waals surface area contributed by atoms with Crippen molar-refractivity contribution in [3.8, 4) is 0 Å². The van der Waals surface area contributed by atoms with E-state index < -0.39 is 9.85 Å². The molecule has 0 N–H and O–H groups in total. The van der Waals surface area contributed by atoms with Gasteiger partial charge < -0.3 is 0 Å². The van der Waals surface area contributed by atoms with Crippen LogP contribution in [0.1, 0.15) is 21.5 Å². The molecule has 1 heterocycles. The van der Waals surface area contributed by atoms with Gasteiger partial charge in [0.2, 0.25) is 0 Å². The summed E-state index contributed by atoms with van der Waals surface area (Å²) in [6.45, 7) is 2.44. The SMILES string of the molecule is Cc1ccc(C(=O)N2CCN=C2SCc2cccc([N+](=O)[O-])c2)cc1[N+](=O)[O-]. The van der Waals surface area contributed by atoms with Crippen molar-refractivity contribution in [2.45, 2.75) is 12.7 Å². The molecule has 3 rings (SSSR count). The summed E-state index contributed by atoms with van der Waals surface area (Å²) in [6, 6.07) is 10.7. The van der Waals surface area contributed by atoms with E-state index >= 15 is 0 Å². The first-order chi connectivity index (χ1) is 13.4. The third-order valence-corrected chi connectivity index (χ3v) is 5.27. The Morgan fingerprint density at radius 2 is 1.96 bits per heavy atom. The molecule has 0 atom stereocenters. The summed E-state index contributed by atoms with van der Waals surface area (Å²) >= 11 is 1.30. The highest BCUT2D eigenvalue weighted by Crippen LogP contribution is 2.25. The zero-order chi connectivity index (χ0) is 20.3. The van der Waals surface area contributed by atoms with E-state index in [4.69, 9.17) is 0 Å². The molecule has 0 spiro atoms. The van der Waals surface area contributed by atoms with Gasteiger partial charge in [-0.25, -0.2) is 0 Å². The highest BCUT2D eigenvalue weighted by atomic mass is 32.2. The monoisotopic (exact) mass is 400 g/mol. The van der Waals surface area contributed by atoms with Gasteiger partial charge in [-0.3, -0.25) is 34.9 Å². The van der Waals surface area contributed by atoms with E-state index in [-0.39, 0.29) is 22.8 Å². The summed E-state index contributed by atoms with van der Waals surface area (Å²) in [5, 5.41) is 22.5. The number of thioether (sulfide) groups is 1. The van der Waals surface area contributed by atoms with Crippen molar-refractivity contribution in [3.05, 3.63) is 79.4 Å². The number of amidine groups is 1. The zero-order valence-corrected chi connectivity index (χ0v) is 15.7. The molecule has 2 aromatic carbocycles. The predicted molar refractivity (Wildman–Crippen MR) is 106 cm³/mol. The highest BCUT2D eigenvalue weighted by molar-refractivity contribution is 8.13. The number of carbonyl (C=O) groups is 1. The lowest BCUT2D eigenvalue weighted by Gasteiger charge is -2.18. The van der Waals surface area contributed by atoms with Crippen LogP contribution >= 0.6 is 11.8 Å². The number of benzene rings is 2. The molecule has 0 bridgehead atoms. The Morgan fingerprint density at radius 3 is 2.68 bits per heavy atom. The van der Waals surface area contributed by atoms with Crippen LogP contribution in [0.2, 0.25) is 0 Å². The Balaban J connectivity index is 1.73. The van der Waals surface area contributed by atoms with Crippen molar-refractivity contribution < 1.29 is 14.6 Å². The second kappa shape index (κ2) is 8.17. The first kappa shape index (κ1) is 19.5. The summed E-state index contributed by atoms with van der Waals surface area (Å²) in [5.41, 5.74) is 1.35. The molecule has 0 radical (unpaired) electrons. The van der Waals surface area contributed by atoms with Crippen LogP contribution in [0.4, 0.5) is 11.4 Å². The fourth-order valence-corrected chi connectivity index (χ4v) is 3.73. The largest absolute Gasteiger partial charge is 0.286 e. The minimum atomic E-state index is -0.512. The first-order valence-corrected chi connectivity index (χ1v) is 9.33. The van der Waals surface area contributed by atoms with Gasteiger partial charge in [0, 0.05) is 41.6 Å². The van der Waals surface area contributed by atoms with Gasteiger partial charge in [0.05, 0.1) is 16.4 Å². The number of rotatable bonds is 5. The van der Waals surface area contributed by atoms with Crippen LogP contribution in [0.3, 0.4) is 0 Å². The van der Waals surface area contributed by atoms with Gasteiger partial charge in [-0.05, 0) is 18.6 Å². The van der Waals surface area contributed by atoms with E-state index in [1.807, 2.05) is 0 Å². The highest BCUT2D eigenvalue weighted by Gasteiger charge is 2.26. The maximum Gasteiger partial charge on any atom is 0.273 e. The minimum Gasteiger partial charge on any atom is -0.286 e. The molecule has 2 aromatic rings. The van der Waals surface area contributed by atoms with Crippen LogP contribution in [-0.2, 0) is 5.75 Å². The molecule has 28 heavy (non-hydrogen) atoms. The average Bonchev–Trinajstić information content (AvgIpc) is 3.14. The fraction of sp³-hybridized carbons (Fsp3) is 0.222. The molecule has 0 saturated heterocycles. The average molecular weight is 400 g/mol. The van der Waals surface area contributed by atoms with Gasteiger partial charge in [-0.2, -0.15) is 0 Å². The number of hydrogen-bond acceptors (Lipinski definition) is 7. The van der Waals surface area contributed by atoms with E-state index in [0.717, 1.165) is 5.56 Å². The number of nitro benzene ring substituents is 2. The van der Waals surface area contributed by atoms with Gasteiger partial charge in [0.15, 0.2) is 5.17 Å². The molecule has 0 fully saturated rings. The van der Waals surface area contributed by atoms with Crippen molar-refractivity contribution in [1.82, 2.24) is 4.90 Å². The van der Waals surface area contributed by atoms with Gasteiger partial charge in [-0.15, -0.1) is 0 Å². The number of nitrogens with zero attached hydrogens (tertiary/aromatic N) is 4. The Morgan fingerprint density at radius 1 is 1.18 bits per heavy atom. The molecule has 0 aliphatic carbocycles. The molecule has 1 aliphatic heterocycles. The first-order valence-electron chi connectivity index (χ1n) is 8.34. The van der Waals surface area contributed by atoms with Crippen LogP contribution in [0.25, 0.3) is 0 Å². The van der Waals surface area contributed by atoms with E-state index in [2.05, 4.69) is 4.99 Å². The van der Waals surface area contributed by atoms with Crippen LogP contribution in [0.5, 0.6) is 0 Å². The topological polar surface area (TPSA) is 119 Å². The van der Waals surface area contributed by atoms with E-state index in [1.165, 1.54) is 34.9 Å². The Hall–Kier alpha value is -3.27. The molecule has 10 heteroatoms. The van der Waals surface area contributed by atoms with Gasteiger partial charge in [0.25, 0.3) is 17.3 Å². The van der Waals surface area contributed by atoms with E-state index in [9.17, 15) is 25.0 Å². The van der Waals surface area contributed by atoms with Crippen LogP contribution < -0.4 is 0 Å².